The molecule has 2 N–H and O–H groups in total. The Hall–Kier alpha value is -2.34. The average Bonchev–Trinajstić information content (AvgIpc) is 3.28. The molecule has 3 rings (SSSR count). The van der Waals surface area contributed by atoms with Gasteiger partial charge in [-0.2, -0.15) is 5.10 Å². The molecule has 27 heavy (non-hydrogen) atoms. The molecular formula is C21H31N5O. The number of aliphatic imine (C=N–C) groups is 1. The Morgan fingerprint density at radius 2 is 2.11 bits per heavy atom. The van der Waals surface area contributed by atoms with E-state index in [4.69, 9.17) is 4.74 Å². The molecule has 2 aromatic rings. The van der Waals surface area contributed by atoms with Crippen LogP contribution in [-0.2, 0) is 11.2 Å². The summed E-state index contributed by atoms with van der Waals surface area (Å²) in [6.45, 7) is 6.75. The SMILES string of the molecule is CN=C(NCCCc1cn(-c2ccccc2)nc1C)NCC1(C)CCCO1. The third-order valence-corrected chi connectivity index (χ3v) is 5.09. The van der Waals surface area contributed by atoms with Gasteiger partial charge in [-0.1, -0.05) is 18.2 Å². The summed E-state index contributed by atoms with van der Waals surface area (Å²) >= 11 is 0. The van der Waals surface area contributed by atoms with Crippen LogP contribution in [0.15, 0.2) is 41.5 Å². The Labute approximate surface area is 162 Å². The molecule has 2 heterocycles. The van der Waals surface area contributed by atoms with E-state index in [1.807, 2.05) is 22.9 Å². The summed E-state index contributed by atoms with van der Waals surface area (Å²) < 4.78 is 7.78. The molecule has 1 aliphatic rings. The number of para-hydroxylation sites is 1. The molecule has 146 valence electrons. The normalized spacial score (nSPS) is 20.0. The van der Waals surface area contributed by atoms with Crippen molar-refractivity contribution in [3.05, 3.63) is 47.8 Å². The molecule has 6 nitrogen and oxygen atoms in total. The molecule has 0 radical (unpaired) electrons. The minimum absolute atomic E-state index is 0.0687. The molecule has 1 aliphatic heterocycles. The second-order valence-corrected chi connectivity index (χ2v) is 7.38. The van der Waals surface area contributed by atoms with Crippen molar-refractivity contribution >= 4 is 5.96 Å². The third-order valence-electron chi connectivity index (χ3n) is 5.09. The number of guanidine groups is 1. The van der Waals surface area contributed by atoms with Crippen LogP contribution in [-0.4, -0.2) is 48.1 Å². The maximum Gasteiger partial charge on any atom is 0.191 e. The minimum atomic E-state index is -0.0687. The summed E-state index contributed by atoms with van der Waals surface area (Å²) in [5, 5.41) is 11.4. The molecule has 1 aromatic heterocycles. The van der Waals surface area contributed by atoms with Crippen molar-refractivity contribution in [2.24, 2.45) is 4.99 Å². The summed E-state index contributed by atoms with van der Waals surface area (Å²) in [5.41, 5.74) is 3.40. The van der Waals surface area contributed by atoms with Crippen LogP contribution >= 0.6 is 0 Å². The predicted molar refractivity (Wildman–Crippen MR) is 110 cm³/mol. The van der Waals surface area contributed by atoms with Crippen molar-refractivity contribution in [3.8, 4) is 5.69 Å². The summed E-state index contributed by atoms with van der Waals surface area (Å²) in [4.78, 5) is 4.31. The third kappa shape index (κ3) is 5.32. The van der Waals surface area contributed by atoms with Gasteiger partial charge in [0.2, 0.25) is 0 Å². The quantitative estimate of drug-likeness (QED) is 0.448. The highest BCUT2D eigenvalue weighted by Gasteiger charge is 2.29. The van der Waals surface area contributed by atoms with Crippen LogP contribution in [0.1, 0.15) is 37.4 Å². The first-order valence-corrected chi connectivity index (χ1v) is 9.79. The van der Waals surface area contributed by atoms with Crippen LogP contribution in [0.3, 0.4) is 0 Å². The van der Waals surface area contributed by atoms with Crippen molar-refractivity contribution < 1.29 is 4.74 Å². The number of ether oxygens (including phenoxy) is 1. The van der Waals surface area contributed by atoms with Crippen LogP contribution in [0.25, 0.3) is 5.69 Å². The van der Waals surface area contributed by atoms with E-state index in [0.29, 0.717) is 0 Å². The van der Waals surface area contributed by atoms with Crippen LogP contribution in [0.5, 0.6) is 0 Å². The zero-order valence-corrected chi connectivity index (χ0v) is 16.7. The lowest BCUT2D eigenvalue weighted by Crippen LogP contribution is -2.45. The van der Waals surface area contributed by atoms with Crippen LogP contribution in [0.4, 0.5) is 0 Å². The largest absolute Gasteiger partial charge is 0.373 e. The molecule has 6 heteroatoms. The molecule has 1 unspecified atom stereocenters. The Morgan fingerprint density at radius 1 is 1.30 bits per heavy atom. The van der Waals surface area contributed by atoms with Gasteiger partial charge in [-0.25, -0.2) is 4.68 Å². The number of aromatic nitrogens is 2. The van der Waals surface area contributed by atoms with E-state index < -0.39 is 0 Å². The molecule has 0 saturated carbocycles. The van der Waals surface area contributed by atoms with Gasteiger partial charge in [0.05, 0.1) is 17.0 Å². The highest BCUT2D eigenvalue weighted by atomic mass is 16.5. The molecule has 1 aromatic carbocycles. The predicted octanol–water partition coefficient (Wildman–Crippen LogP) is 2.85. The van der Waals surface area contributed by atoms with Crippen molar-refractivity contribution in [2.45, 2.75) is 45.1 Å². The van der Waals surface area contributed by atoms with Gasteiger partial charge >= 0.3 is 0 Å². The first-order valence-electron chi connectivity index (χ1n) is 9.79. The van der Waals surface area contributed by atoms with E-state index in [0.717, 1.165) is 62.7 Å². The topological polar surface area (TPSA) is 63.5 Å². The first-order chi connectivity index (χ1) is 13.1. The Morgan fingerprint density at radius 3 is 2.81 bits per heavy atom. The van der Waals surface area contributed by atoms with E-state index in [2.05, 4.69) is 52.9 Å². The van der Waals surface area contributed by atoms with E-state index in [1.54, 1.807) is 7.05 Å². The standard InChI is InChI=1S/C21H31N5O/c1-17-18(15-26(25-17)19-10-5-4-6-11-19)9-7-13-23-20(22-3)24-16-21(2)12-8-14-27-21/h4-6,10-11,15H,7-9,12-14,16H2,1-3H3,(H2,22,23,24). The summed E-state index contributed by atoms with van der Waals surface area (Å²) in [5.74, 6) is 0.837. The number of nitrogens with zero attached hydrogens (tertiary/aromatic N) is 3. The molecule has 1 atom stereocenters. The maximum atomic E-state index is 5.82. The molecule has 0 aliphatic carbocycles. The summed E-state index contributed by atoms with van der Waals surface area (Å²) in [6, 6.07) is 10.2. The fraction of sp³-hybridized carbons (Fsp3) is 0.524. The highest BCUT2D eigenvalue weighted by molar-refractivity contribution is 5.79. The number of aryl methyl sites for hydroxylation is 2. The second kappa shape index (κ2) is 9.04. The molecule has 1 fully saturated rings. The van der Waals surface area contributed by atoms with Gasteiger partial charge in [-0.15, -0.1) is 0 Å². The zero-order valence-electron chi connectivity index (χ0n) is 16.7. The Bertz CT molecular complexity index is 747. The fourth-order valence-corrected chi connectivity index (χ4v) is 3.41. The maximum absolute atomic E-state index is 5.82. The van der Waals surface area contributed by atoms with E-state index in [-0.39, 0.29) is 5.60 Å². The minimum Gasteiger partial charge on any atom is -0.373 e. The number of benzene rings is 1. The highest BCUT2D eigenvalue weighted by Crippen LogP contribution is 2.23. The fourth-order valence-electron chi connectivity index (χ4n) is 3.41. The summed E-state index contributed by atoms with van der Waals surface area (Å²) in [6.07, 6.45) is 6.39. The number of hydrogen-bond acceptors (Lipinski definition) is 3. The number of nitrogens with one attached hydrogen (secondary N) is 2. The van der Waals surface area contributed by atoms with Gasteiger partial charge in [-0.05, 0) is 57.2 Å². The van der Waals surface area contributed by atoms with E-state index in [9.17, 15) is 0 Å². The monoisotopic (exact) mass is 369 g/mol. The van der Waals surface area contributed by atoms with Gasteiger partial charge in [0.15, 0.2) is 5.96 Å². The Balaban J connectivity index is 1.43. The molecule has 0 bridgehead atoms. The van der Waals surface area contributed by atoms with Crippen LogP contribution < -0.4 is 10.6 Å². The van der Waals surface area contributed by atoms with E-state index in [1.165, 1.54) is 5.56 Å². The lowest BCUT2D eigenvalue weighted by molar-refractivity contribution is 0.0243. The van der Waals surface area contributed by atoms with Gasteiger partial charge in [-0.3, -0.25) is 4.99 Å². The van der Waals surface area contributed by atoms with E-state index >= 15 is 0 Å². The second-order valence-electron chi connectivity index (χ2n) is 7.38. The Kier molecular flexibility index (Phi) is 6.50. The first kappa shape index (κ1) is 19.4. The number of hydrogen-bond donors (Lipinski definition) is 2. The average molecular weight is 370 g/mol. The van der Waals surface area contributed by atoms with Crippen LogP contribution in [0.2, 0.25) is 0 Å². The van der Waals surface area contributed by atoms with Crippen molar-refractivity contribution in [1.29, 1.82) is 0 Å². The smallest absolute Gasteiger partial charge is 0.191 e. The van der Waals surface area contributed by atoms with Gasteiger partial charge < -0.3 is 15.4 Å². The lowest BCUT2D eigenvalue weighted by Gasteiger charge is -2.24. The van der Waals surface area contributed by atoms with Crippen LogP contribution in [0, 0.1) is 6.92 Å². The van der Waals surface area contributed by atoms with Crippen molar-refractivity contribution in [3.63, 3.8) is 0 Å². The van der Waals surface area contributed by atoms with Crippen molar-refractivity contribution in [2.75, 3.05) is 26.7 Å². The van der Waals surface area contributed by atoms with Gasteiger partial charge in [0.25, 0.3) is 0 Å². The molecule has 1 saturated heterocycles. The molecule has 0 amide bonds. The van der Waals surface area contributed by atoms with Gasteiger partial charge in [0, 0.05) is 32.9 Å². The molecular weight excluding hydrogens is 338 g/mol. The zero-order chi connectivity index (χ0) is 19.1. The summed E-state index contributed by atoms with van der Waals surface area (Å²) in [7, 11) is 1.81. The van der Waals surface area contributed by atoms with Crippen molar-refractivity contribution in [1.82, 2.24) is 20.4 Å². The lowest BCUT2D eigenvalue weighted by atomic mass is 10.0. The molecule has 0 spiro atoms. The van der Waals surface area contributed by atoms with Gasteiger partial charge in [0.1, 0.15) is 0 Å². The number of rotatable bonds is 7.